The van der Waals surface area contributed by atoms with Gasteiger partial charge in [0.15, 0.2) is 0 Å². The summed E-state index contributed by atoms with van der Waals surface area (Å²) in [6.07, 6.45) is -5.49. The first kappa shape index (κ1) is 18.3. The van der Waals surface area contributed by atoms with Crippen LogP contribution in [0.15, 0.2) is 36.4 Å². The van der Waals surface area contributed by atoms with Gasteiger partial charge in [-0.25, -0.2) is 4.98 Å². The Morgan fingerprint density at radius 2 is 2.00 bits per heavy atom. The highest BCUT2D eigenvalue weighted by molar-refractivity contribution is 6.32. The van der Waals surface area contributed by atoms with E-state index in [-0.39, 0.29) is 29.8 Å². The van der Waals surface area contributed by atoms with Crippen molar-refractivity contribution in [2.24, 2.45) is 0 Å². The van der Waals surface area contributed by atoms with E-state index in [0.29, 0.717) is 5.69 Å². The maximum Gasteiger partial charge on any atom is 0.433 e. The number of halogens is 4. The van der Waals surface area contributed by atoms with Gasteiger partial charge in [-0.05, 0) is 24.3 Å². The van der Waals surface area contributed by atoms with Crippen LogP contribution < -0.4 is 10.1 Å². The number of aliphatic hydroxyl groups excluding tert-OH is 2. The Morgan fingerprint density at radius 3 is 2.62 bits per heavy atom. The molecule has 0 aliphatic carbocycles. The van der Waals surface area contributed by atoms with Crippen LogP contribution in [0, 0.1) is 0 Å². The molecule has 1 unspecified atom stereocenters. The standard InChI is InChI=1S/C15H14ClF3N2O3/c16-11-6-9(20-7-10(23)8-22)4-5-12(11)24-14-3-1-2-13(21-14)15(17,18)19/h1-6,10,20,22-23H,7-8H2. The number of anilines is 1. The van der Waals surface area contributed by atoms with Crippen LogP contribution in [0.1, 0.15) is 5.69 Å². The van der Waals surface area contributed by atoms with Gasteiger partial charge in [-0.1, -0.05) is 17.7 Å². The molecule has 5 nitrogen and oxygen atoms in total. The molecule has 0 aliphatic rings. The van der Waals surface area contributed by atoms with Crippen molar-refractivity contribution < 1.29 is 28.1 Å². The van der Waals surface area contributed by atoms with E-state index in [9.17, 15) is 18.3 Å². The van der Waals surface area contributed by atoms with Gasteiger partial charge >= 0.3 is 6.18 Å². The highest BCUT2D eigenvalue weighted by atomic mass is 35.5. The molecule has 0 saturated heterocycles. The topological polar surface area (TPSA) is 74.6 Å². The van der Waals surface area contributed by atoms with Crippen LogP contribution in [0.5, 0.6) is 11.6 Å². The van der Waals surface area contributed by atoms with E-state index in [1.165, 1.54) is 24.3 Å². The Balaban J connectivity index is 2.11. The number of nitrogens with one attached hydrogen (secondary N) is 1. The second-order valence-corrected chi connectivity index (χ2v) is 5.23. The molecule has 0 saturated carbocycles. The summed E-state index contributed by atoms with van der Waals surface area (Å²) in [6, 6.07) is 7.82. The van der Waals surface area contributed by atoms with Gasteiger partial charge < -0.3 is 20.3 Å². The van der Waals surface area contributed by atoms with Gasteiger partial charge in [0.2, 0.25) is 5.88 Å². The minimum absolute atomic E-state index is 0.113. The van der Waals surface area contributed by atoms with E-state index < -0.39 is 18.0 Å². The third-order valence-corrected chi connectivity index (χ3v) is 3.21. The summed E-state index contributed by atoms with van der Waals surface area (Å²) in [7, 11) is 0. The molecule has 2 rings (SSSR count). The number of aromatic nitrogens is 1. The van der Waals surface area contributed by atoms with Crippen molar-refractivity contribution in [3.05, 3.63) is 47.1 Å². The molecule has 1 aromatic heterocycles. The molecule has 0 bridgehead atoms. The van der Waals surface area contributed by atoms with Gasteiger partial charge in [-0.3, -0.25) is 0 Å². The number of pyridine rings is 1. The highest BCUT2D eigenvalue weighted by Crippen LogP contribution is 2.33. The van der Waals surface area contributed by atoms with E-state index in [2.05, 4.69) is 10.3 Å². The summed E-state index contributed by atoms with van der Waals surface area (Å²) in [5.74, 6) is -0.0973. The van der Waals surface area contributed by atoms with Crippen molar-refractivity contribution in [3.8, 4) is 11.6 Å². The predicted octanol–water partition coefficient (Wildman–Crippen LogP) is 3.31. The summed E-state index contributed by atoms with van der Waals surface area (Å²) in [4.78, 5) is 3.39. The number of benzene rings is 1. The lowest BCUT2D eigenvalue weighted by Gasteiger charge is -2.13. The lowest BCUT2D eigenvalue weighted by atomic mass is 10.3. The van der Waals surface area contributed by atoms with Crippen molar-refractivity contribution in [1.29, 1.82) is 0 Å². The molecule has 24 heavy (non-hydrogen) atoms. The van der Waals surface area contributed by atoms with Crippen molar-refractivity contribution in [1.82, 2.24) is 4.98 Å². The molecule has 3 N–H and O–H groups in total. The first-order valence-corrected chi connectivity index (χ1v) is 7.22. The second kappa shape index (κ2) is 7.69. The molecule has 0 aliphatic heterocycles. The average molecular weight is 363 g/mol. The minimum Gasteiger partial charge on any atom is -0.437 e. The van der Waals surface area contributed by atoms with Crippen LogP contribution >= 0.6 is 11.6 Å². The number of hydrogen-bond donors (Lipinski definition) is 3. The molecule has 1 aromatic carbocycles. The molecule has 0 spiro atoms. The maximum absolute atomic E-state index is 12.6. The van der Waals surface area contributed by atoms with Gasteiger partial charge in [-0.15, -0.1) is 0 Å². The van der Waals surface area contributed by atoms with Crippen LogP contribution in [0.2, 0.25) is 5.02 Å². The third kappa shape index (κ3) is 4.98. The zero-order chi connectivity index (χ0) is 17.7. The monoisotopic (exact) mass is 362 g/mol. The predicted molar refractivity (Wildman–Crippen MR) is 82.3 cm³/mol. The summed E-state index contributed by atoms with van der Waals surface area (Å²) < 4.78 is 43.2. The number of aliphatic hydroxyl groups is 2. The molecule has 0 radical (unpaired) electrons. The Bertz CT molecular complexity index is 698. The first-order valence-electron chi connectivity index (χ1n) is 6.84. The number of nitrogens with zero attached hydrogens (tertiary/aromatic N) is 1. The molecule has 1 atom stereocenters. The molecule has 130 valence electrons. The quantitative estimate of drug-likeness (QED) is 0.735. The van der Waals surface area contributed by atoms with E-state index in [0.717, 1.165) is 6.07 Å². The van der Waals surface area contributed by atoms with Crippen molar-refractivity contribution in [2.75, 3.05) is 18.5 Å². The molecular weight excluding hydrogens is 349 g/mol. The Labute approximate surface area is 140 Å². The van der Waals surface area contributed by atoms with Gasteiger partial charge in [-0.2, -0.15) is 13.2 Å². The summed E-state index contributed by atoms with van der Waals surface area (Å²) in [6.45, 7) is -0.272. The highest BCUT2D eigenvalue weighted by Gasteiger charge is 2.32. The number of alkyl halides is 3. The third-order valence-electron chi connectivity index (χ3n) is 2.91. The zero-order valence-electron chi connectivity index (χ0n) is 12.2. The van der Waals surface area contributed by atoms with Crippen LogP contribution in [-0.4, -0.2) is 34.5 Å². The van der Waals surface area contributed by atoms with E-state index in [4.69, 9.17) is 21.4 Å². The summed E-state index contributed by atoms with van der Waals surface area (Å²) in [5, 5.41) is 21.0. The number of ether oxygens (including phenoxy) is 1. The smallest absolute Gasteiger partial charge is 0.433 e. The van der Waals surface area contributed by atoms with E-state index >= 15 is 0 Å². The van der Waals surface area contributed by atoms with Gasteiger partial charge in [0.1, 0.15) is 11.4 Å². The molecule has 1 heterocycles. The van der Waals surface area contributed by atoms with Crippen molar-refractivity contribution in [3.63, 3.8) is 0 Å². The second-order valence-electron chi connectivity index (χ2n) is 4.82. The molecular formula is C15H14ClF3N2O3. The van der Waals surface area contributed by atoms with Crippen molar-refractivity contribution in [2.45, 2.75) is 12.3 Å². The Morgan fingerprint density at radius 1 is 1.25 bits per heavy atom. The first-order chi connectivity index (χ1) is 11.3. The summed E-state index contributed by atoms with van der Waals surface area (Å²) in [5.41, 5.74) is -0.510. The maximum atomic E-state index is 12.6. The Hall–Kier alpha value is -2.03. The zero-order valence-corrected chi connectivity index (χ0v) is 13.0. The SMILES string of the molecule is OCC(O)CNc1ccc(Oc2cccc(C(F)(F)F)n2)c(Cl)c1. The molecule has 0 amide bonds. The molecule has 0 fully saturated rings. The molecule has 2 aromatic rings. The van der Waals surface area contributed by atoms with Gasteiger partial charge in [0, 0.05) is 18.3 Å². The minimum atomic E-state index is -4.56. The lowest BCUT2D eigenvalue weighted by molar-refractivity contribution is -0.141. The average Bonchev–Trinajstić information content (AvgIpc) is 2.54. The van der Waals surface area contributed by atoms with Crippen LogP contribution in [0.4, 0.5) is 18.9 Å². The van der Waals surface area contributed by atoms with Crippen LogP contribution in [0.3, 0.4) is 0 Å². The fraction of sp³-hybridized carbons (Fsp3) is 0.267. The summed E-state index contributed by atoms with van der Waals surface area (Å²) >= 11 is 6.03. The van der Waals surface area contributed by atoms with Gasteiger partial charge in [0.25, 0.3) is 0 Å². The van der Waals surface area contributed by atoms with E-state index in [1.54, 1.807) is 6.07 Å². The van der Waals surface area contributed by atoms with Crippen LogP contribution in [0.25, 0.3) is 0 Å². The van der Waals surface area contributed by atoms with Crippen molar-refractivity contribution >= 4 is 17.3 Å². The number of rotatable bonds is 6. The fourth-order valence-electron chi connectivity index (χ4n) is 1.74. The fourth-order valence-corrected chi connectivity index (χ4v) is 1.96. The lowest BCUT2D eigenvalue weighted by Crippen LogP contribution is -2.22. The molecule has 9 heteroatoms. The van der Waals surface area contributed by atoms with Gasteiger partial charge in [0.05, 0.1) is 17.7 Å². The Kier molecular flexibility index (Phi) is 5.87. The largest absolute Gasteiger partial charge is 0.437 e. The normalized spacial score (nSPS) is 12.8. The van der Waals surface area contributed by atoms with E-state index in [1.807, 2.05) is 0 Å². The van der Waals surface area contributed by atoms with Crippen LogP contribution in [-0.2, 0) is 6.18 Å². The number of hydrogen-bond acceptors (Lipinski definition) is 5.